The van der Waals surface area contributed by atoms with E-state index in [-0.39, 0.29) is 30.2 Å². The molecule has 1 aliphatic rings. The largest absolute Gasteiger partial charge is 0.342 e. The van der Waals surface area contributed by atoms with Crippen LogP contribution in [0, 0.1) is 0 Å². The maximum atomic E-state index is 12.4. The van der Waals surface area contributed by atoms with Gasteiger partial charge in [-0.25, -0.2) is 4.98 Å². The molecule has 2 heterocycles. The molecule has 3 rings (SSSR count). The van der Waals surface area contributed by atoms with Gasteiger partial charge in [-0.1, -0.05) is 12.1 Å². The quantitative estimate of drug-likeness (QED) is 0.891. The first-order valence-electron chi connectivity index (χ1n) is 8.00. The molecule has 0 spiro atoms. The second-order valence-corrected chi connectivity index (χ2v) is 6.05. The molecule has 1 aromatic heterocycles. The van der Waals surface area contributed by atoms with Crippen LogP contribution in [0.25, 0.3) is 11.0 Å². The Balaban J connectivity index is 1.71. The van der Waals surface area contributed by atoms with Crippen molar-refractivity contribution >= 4 is 22.8 Å². The maximum Gasteiger partial charge on any atom is 0.270 e. The van der Waals surface area contributed by atoms with Crippen LogP contribution < -0.4 is 5.56 Å². The van der Waals surface area contributed by atoms with Crippen LogP contribution in [0.3, 0.4) is 0 Å². The van der Waals surface area contributed by atoms with E-state index in [4.69, 9.17) is 0 Å². The summed E-state index contributed by atoms with van der Waals surface area (Å²) < 4.78 is 0. The number of carbonyl (C=O) groups excluding carboxylic acids is 2. The van der Waals surface area contributed by atoms with Crippen molar-refractivity contribution in [2.45, 2.75) is 25.8 Å². The molecule has 7 heteroatoms. The average Bonchev–Trinajstić information content (AvgIpc) is 2.57. The Morgan fingerprint density at radius 3 is 2.83 bits per heavy atom. The average molecular weight is 328 g/mol. The first-order chi connectivity index (χ1) is 11.5. The van der Waals surface area contributed by atoms with Crippen molar-refractivity contribution in [3.8, 4) is 0 Å². The predicted molar refractivity (Wildman–Crippen MR) is 89.5 cm³/mol. The molecule has 24 heavy (non-hydrogen) atoms. The molecule has 0 radical (unpaired) electrons. The zero-order valence-corrected chi connectivity index (χ0v) is 13.8. The van der Waals surface area contributed by atoms with Gasteiger partial charge in [-0.05, 0) is 19.1 Å². The number of nitrogens with zero attached hydrogens (tertiary/aromatic N) is 3. The van der Waals surface area contributed by atoms with E-state index >= 15 is 0 Å². The minimum absolute atomic E-state index is 0.0590. The molecule has 1 saturated heterocycles. The summed E-state index contributed by atoms with van der Waals surface area (Å²) in [6, 6.07) is 6.82. The summed E-state index contributed by atoms with van der Waals surface area (Å²) in [7, 11) is 1.74. The number of likely N-dealkylation sites (N-methyl/N-ethyl adjacent to an activating group) is 1. The third kappa shape index (κ3) is 3.02. The topological polar surface area (TPSA) is 86.4 Å². The molecule has 1 atom stereocenters. The highest BCUT2D eigenvalue weighted by Crippen LogP contribution is 2.12. The Kier molecular flexibility index (Phi) is 4.33. The lowest BCUT2D eigenvalue weighted by molar-refractivity contribution is -0.149. The fourth-order valence-electron chi connectivity index (χ4n) is 2.96. The van der Waals surface area contributed by atoms with E-state index < -0.39 is 6.04 Å². The molecule has 126 valence electrons. The van der Waals surface area contributed by atoms with E-state index in [1.54, 1.807) is 29.8 Å². The fraction of sp³-hybridized carbons (Fsp3) is 0.412. The number of H-pyrrole nitrogens is 1. The molecule has 0 bridgehead atoms. The minimum atomic E-state index is -0.459. The van der Waals surface area contributed by atoms with Gasteiger partial charge in [0.2, 0.25) is 11.8 Å². The third-order valence-electron chi connectivity index (χ3n) is 4.44. The van der Waals surface area contributed by atoms with Gasteiger partial charge in [-0.15, -0.1) is 0 Å². The molecule has 1 N–H and O–H groups in total. The van der Waals surface area contributed by atoms with Gasteiger partial charge in [0.05, 0.1) is 11.0 Å². The fourth-order valence-corrected chi connectivity index (χ4v) is 2.96. The highest BCUT2D eigenvalue weighted by molar-refractivity contribution is 5.88. The second-order valence-electron chi connectivity index (χ2n) is 6.05. The minimum Gasteiger partial charge on any atom is -0.342 e. The number of piperazine rings is 1. The van der Waals surface area contributed by atoms with Crippen LogP contribution in [-0.4, -0.2) is 57.8 Å². The third-order valence-corrected chi connectivity index (χ3v) is 4.44. The van der Waals surface area contributed by atoms with E-state index in [1.165, 1.54) is 0 Å². The van der Waals surface area contributed by atoms with Gasteiger partial charge in [-0.3, -0.25) is 14.4 Å². The van der Waals surface area contributed by atoms with Crippen LogP contribution in [0.15, 0.2) is 29.1 Å². The van der Waals surface area contributed by atoms with Crippen LogP contribution in [0.4, 0.5) is 0 Å². The van der Waals surface area contributed by atoms with E-state index in [9.17, 15) is 14.4 Å². The summed E-state index contributed by atoms with van der Waals surface area (Å²) in [5.74, 6) is -0.186. The number of rotatable bonds is 3. The van der Waals surface area contributed by atoms with Crippen LogP contribution in [0.5, 0.6) is 0 Å². The number of hydrogen-bond acceptors (Lipinski definition) is 4. The number of amides is 2. The van der Waals surface area contributed by atoms with Crippen molar-refractivity contribution in [3.05, 3.63) is 40.3 Å². The summed E-state index contributed by atoms with van der Waals surface area (Å²) in [6.45, 7) is 2.78. The van der Waals surface area contributed by atoms with Crippen LogP contribution in [-0.2, 0) is 16.0 Å². The van der Waals surface area contributed by atoms with Crippen LogP contribution in [0.1, 0.15) is 19.0 Å². The predicted octanol–water partition coefficient (Wildman–Crippen LogP) is 0.545. The number of aryl methyl sites for hydroxylation is 1. The van der Waals surface area contributed by atoms with Gasteiger partial charge in [0, 0.05) is 33.0 Å². The number of para-hydroxylation sites is 2. The second kappa shape index (κ2) is 6.43. The van der Waals surface area contributed by atoms with E-state index in [0.29, 0.717) is 29.8 Å². The standard InChI is InChI=1S/C17H20N4O3/c1-11-17(24)20(2)9-10-21(11)15(22)8-7-14-16(23)19-13-6-4-3-5-12(13)18-14/h3-6,11H,7-10H2,1-2H3,(H,19,23). The summed E-state index contributed by atoms with van der Waals surface area (Å²) >= 11 is 0. The van der Waals surface area contributed by atoms with E-state index in [2.05, 4.69) is 9.97 Å². The molecule has 0 saturated carbocycles. The number of aromatic amines is 1. The monoisotopic (exact) mass is 328 g/mol. The number of aromatic nitrogens is 2. The molecular weight excluding hydrogens is 308 g/mol. The van der Waals surface area contributed by atoms with Gasteiger partial charge in [0.1, 0.15) is 11.7 Å². The normalized spacial score (nSPS) is 18.2. The zero-order chi connectivity index (χ0) is 17.3. The molecule has 2 aromatic rings. The van der Waals surface area contributed by atoms with Gasteiger partial charge >= 0.3 is 0 Å². The Labute approximate surface area is 139 Å². The van der Waals surface area contributed by atoms with E-state index in [1.807, 2.05) is 18.2 Å². The molecule has 1 aromatic carbocycles. The Hall–Kier alpha value is -2.70. The SMILES string of the molecule is CC1C(=O)N(C)CCN1C(=O)CCc1nc2ccccc2[nH]c1=O. The highest BCUT2D eigenvalue weighted by atomic mass is 16.2. The Morgan fingerprint density at radius 2 is 2.04 bits per heavy atom. The lowest BCUT2D eigenvalue weighted by atomic mass is 10.1. The summed E-state index contributed by atoms with van der Waals surface area (Å²) in [4.78, 5) is 46.8. The lowest BCUT2D eigenvalue weighted by Gasteiger charge is -2.37. The first kappa shape index (κ1) is 16.2. The Morgan fingerprint density at radius 1 is 1.29 bits per heavy atom. The summed E-state index contributed by atoms with van der Waals surface area (Å²) in [6.07, 6.45) is 0.419. The zero-order valence-electron chi connectivity index (χ0n) is 13.8. The molecule has 2 amide bonds. The van der Waals surface area contributed by atoms with Gasteiger partial charge < -0.3 is 14.8 Å². The number of benzene rings is 1. The van der Waals surface area contributed by atoms with Crippen molar-refractivity contribution < 1.29 is 9.59 Å². The first-order valence-corrected chi connectivity index (χ1v) is 8.00. The van der Waals surface area contributed by atoms with Gasteiger partial charge in [0.25, 0.3) is 5.56 Å². The number of nitrogens with one attached hydrogen (secondary N) is 1. The van der Waals surface area contributed by atoms with Crippen LogP contribution in [0.2, 0.25) is 0 Å². The molecular formula is C17H20N4O3. The number of fused-ring (bicyclic) bond motifs is 1. The van der Waals surface area contributed by atoms with Crippen molar-refractivity contribution in [2.24, 2.45) is 0 Å². The summed E-state index contributed by atoms with van der Waals surface area (Å²) in [5, 5.41) is 0. The number of hydrogen-bond donors (Lipinski definition) is 1. The van der Waals surface area contributed by atoms with Crippen molar-refractivity contribution in [1.29, 1.82) is 0 Å². The Bertz CT molecular complexity index is 845. The van der Waals surface area contributed by atoms with Crippen molar-refractivity contribution in [1.82, 2.24) is 19.8 Å². The molecule has 1 unspecified atom stereocenters. The van der Waals surface area contributed by atoms with Gasteiger partial charge in [-0.2, -0.15) is 0 Å². The van der Waals surface area contributed by atoms with Crippen molar-refractivity contribution in [3.63, 3.8) is 0 Å². The molecule has 1 aliphatic heterocycles. The molecule has 0 aliphatic carbocycles. The smallest absolute Gasteiger partial charge is 0.270 e. The number of carbonyl (C=O) groups is 2. The lowest BCUT2D eigenvalue weighted by Crippen LogP contribution is -2.56. The summed E-state index contributed by atoms with van der Waals surface area (Å²) in [5.41, 5.74) is 1.44. The van der Waals surface area contributed by atoms with E-state index in [0.717, 1.165) is 0 Å². The van der Waals surface area contributed by atoms with Gasteiger partial charge in [0.15, 0.2) is 0 Å². The molecule has 1 fully saturated rings. The maximum absolute atomic E-state index is 12.4. The highest BCUT2D eigenvalue weighted by Gasteiger charge is 2.32. The molecule has 7 nitrogen and oxygen atoms in total. The van der Waals surface area contributed by atoms with Crippen LogP contribution >= 0.6 is 0 Å². The van der Waals surface area contributed by atoms with Crippen molar-refractivity contribution in [2.75, 3.05) is 20.1 Å².